The van der Waals surface area contributed by atoms with E-state index >= 15 is 0 Å². The van der Waals surface area contributed by atoms with E-state index in [0.717, 1.165) is 18.4 Å². The van der Waals surface area contributed by atoms with Crippen LogP contribution in [0.4, 0.5) is 14.5 Å². The molecule has 1 aliphatic heterocycles. The minimum atomic E-state index is -1.20. The monoisotopic (exact) mass is 479 g/mol. The maximum absolute atomic E-state index is 13.6. The molecule has 2 heterocycles. The zero-order valence-corrected chi connectivity index (χ0v) is 18.9. The van der Waals surface area contributed by atoms with E-state index in [4.69, 9.17) is 0 Å². The highest BCUT2D eigenvalue weighted by Crippen LogP contribution is 2.39. The minimum Gasteiger partial charge on any atom is -0.350 e. The van der Waals surface area contributed by atoms with Crippen LogP contribution in [0, 0.1) is 11.6 Å². The van der Waals surface area contributed by atoms with Crippen LogP contribution in [0.5, 0.6) is 0 Å². The van der Waals surface area contributed by atoms with Crippen molar-refractivity contribution in [3.63, 3.8) is 0 Å². The first-order valence-corrected chi connectivity index (χ1v) is 11.2. The first-order valence-electron chi connectivity index (χ1n) is 11.2. The predicted octanol–water partition coefficient (Wildman–Crippen LogP) is 3.11. The third-order valence-electron chi connectivity index (χ3n) is 6.35. The molecule has 10 heteroatoms. The van der Waals surface area contributed by atoms with Gasteiger partial charge in [0.15, 0.2) is 5.69 Å². The fourth-order valence-electron chi connectivity index (χ4n) is 4.42. The van der Waals surface area contributed by atoms with Crippen LogP contribution in [0.15, 0.2) is 54.9 Å². The number of carbonyl (C=O) groups excluding carboxylic acids is 3. The first-order chi connectivity index (χ1) is 16.8. The Kier molecular flexibility index (Phi) is 5.58. The Bertz CT molecular complexity index is 1300. The van der Waals surface area contributed by atoms with Gasteiger partial charge in [0, 0.05) is 18.3 Å². The summed E-state index contributed by atoms with van der Waals surface area (Å²) in [5.74, 6) is -2.19. The summed E-state index contributed by atoms with van der Waals surface area (Å²) in [7, 11) is 0. The van der Waals surface area contributed by atoms with Gasteiger partial charge in [-0.2, -0.15) is 0 Å². The summed E-state index contributed by atoms with van der Waals surface area (Å²) in [6.07, 6.45) is 2.90. The molecule has 2 aromatic carbocycles. The van der Waals surface area contributed by atoms with Crippen molar-refractivity contribution >= 4 is 23.4 Å². The Morgan fingerprint density at radius 1 is 1.06 bits per heavy atom. The molecule has 1 aromatic heterocycles. The molecular formula is C25H23F2N5O3. The molecule has 1 atom stereocenters. The summed E-state index contributed by atoms with van der Waals surface area (Å²) in [5, 5.41) is 5.49. The molecule has 2 N–H and O–H groups in total. The third-order valence-corrected chi connectivity index (χ3v) is 6.35. The smallest absolute Gasteiger partial charge is 0.276 e. The maximum Gasteiger partial charge on any atom is 0.276 e. The number of aromatic nitrogens is 2. The van der Waals surface area contributed by atoms with Crippen molar-refractivity contribution in [3.05, 3.63) is 83.4 Å². The van der Waals surface area contributed by atoms with E-state index in [9.17, 15) is 23.2 Å². The molecule has 0 spiro atoms. The largest absolute Gasteiger partial charge is 0.350 e. The number of fused-ring (bicyclic) bond motifs is 1. The van der Waals surface area contributed by atoms with Gasteiger partial charge in [-0.25, -0.2) is 13.8 Å². The molecule has 1 aliphatic carbocycles. The third kappa shape index (κ3) is 4.27. The Hall–Kier alpha value is -4.08. The Balaban J connectivity index is 1.39. The number of amides is 3. The second-order valence-electron chi connectivity index (χ2n) is 9.02. The number of nitrogens with zero attached hydrogens (tertiary/aromatic N) is 3. The van der Waals surface area contributed by atoms with E-state index in [1.807, 2.05) is 0 Å². The lowest BCUT2D eigenvalue weighted by Crippen LogP contribution is -2.64. The highest BCUT2D eigenvalue weighted by molar-refractivity contribution is 6.11. The van der Waals surface area contributed by atoms with Crippen LogP contribution in [-0.4, -0.2) is 43.8 Å². The molecule has 3 amide bonds. The van der Waals surface area contributed by atoms with E-state index in [-0.39, 0.29) is 42.2 Å². The van der Waals surface area contributed by atoms with Crippen LogP contribution in [0.2, 0.25) is 0 Å². The van der Waals surface area contributed by atoms with Crippen molar-refractivity contribution in [1.29, 1.82) is 0 Å². The van der Waals surface area contributed by atoms with Gasteiger partial charge in [-0.05, 0) is 61.7 Å². The molecule has 0 bridgehead atoms. The van der Waals surface area contributed by atoms with Crippen LogP contribution >= 0.6 is 0 Å². The molecular weight excluding hydrogens is 456 g/mol. The average Bonchev–Trinajstić information content (AvgIpc) is 3.57. The van der Waals surface area contributed by atoms with Crippen molar-refractivity contribution in [3.8, 4) is 0 Å². The van der Waals surface area contributed by atoms with Gasteiger partial charge in [-0.3, -0.25) is 14.4 Å². The number of nitrogens with one attached hydrogen (secondary N) is 2. The summed E-state index contributed by atoms with van der Waals surface area (Å²) in [4.78, 5) is 45.6. The fourth-order valence-corrected chi connectivity index (χ4v) is 4.42. The number of anilines is 1. The zero-order valence-electron chi connectivity index (χ0n) is 18.9. The fraction of sp³-hybridized carbons (Fsp3) is 0.280. The molecule has 2 aliphatic rings. The van der Waals surface area contributed by atoms with Crippen molar-refractivity contribution in [2.75, 3.05) is 5.32 Å². The zero-order chi connectivity index (χ0) is 24.7. The molecule has 180 valence electrons. The molecule has 1 fully saturated rings. The maximum atomic E-state index is 13.6. The van der Waals surface area contributed by atoms with Crippen molar-refractivity contribution < 1.29 is 23.2 Å². The summed E-state index contributed by atoms with van der Waals surface area (Å²) in [6.45, 7) is 2.00. The van der Waals surface area contributed by atoms with Crippen molar-refractivity contribution in [2.45, 2.75) is 44.4 Å². The lowest BCUT2D eigenvalue weighted by molar-refractivity contribution is -0.133. The number of carbonyl (C=O) groups is 3. The second-order valence-corrected chi connectivity index (χ2v) is 9.02. The van der Waals surface area contributed by atoms with Gasteiger partial charge < -0.3 is 20.1 Å². The van der Waals surface area contributed by atoms with Gasteiger partial charge in [-0.1, -0.05) is 12.1 Å². The molecule has 0 radical (unpaired) electrons. The number of hydrogen-bond acceptors (Lipinski definition) is 4. The summed E-state index contributed by atoms with van der Waals surface area (Å²) < 4.78 is 27.9. The van der Waals surface area contributed by atoms with E-state index in [2.05, 4.69) is 15.6 Å². The molecule has 8 nitrogen and oxygen atoms in total. The number of imidazole rings is 1. The Labute approximate surface area is 199 Å². The molecule has 0 saturated heterocycles. The van der Waals surface area contributed by atoms with E-state index in [1.54, 1.807) is 24.0 Å². The van der Waals surface area contributed by atoms with E-state index < -0.39 is 23.2 Å². The Morgan fingerprint density at radius 3 is 2.31 bits per heavy atom. The normalized spacial score (nSPS) is 19.3. The lowest BCUT2D eigenvalue weighted by atomic mass is 9.93. The summed E-state index contributed by atoms with van der Waals surface area (Å²) >= 11 is 0. The molecule has 3 aromatic rings. The van der Waals surface area contributed by atoms with Gasteiger partial charge in [0.2, 0.25) is 5.91 Å². The average molecular weight is 479 g/mol. The number of benzene rings is 2. The van der Waals surface area contributed by atoms with Gasteiger partial charge in [0.25, 0.3) is 11.8 Å². The minimum absolute atomic E-state index is 0.0567. The standard InChI is InChI=1S/C25H23F2N5O3/c1-25(24(35)28-12-15-2-4-16(26)5-3-15)13-31-14-29-20(21(31)23(34)32(25)19-10-11-19)22(33)30-18-8-6-17(27)7-9-18/h2-9,14,19H,10-13H2,1H3,(H,28,35)(H,30,33). The van der Waals surface area contributed by atoms with E-state index in [0.29, 0.717) is 5.69 Å². The summed E-state index contributed by atoms with van der Waals surface area (Å²) in [5.41, 5.74) is -0.0486. The number of halogens is 2. The quantitative estimate of drug-likeness (QED) is 0.568. The van der Waals surface area contributed by atoms with Gasteiger partial charge in [-0.15, -0.1) is 0 Å². The lowest BCUT2D eigenvalue weighted by Gasteiger charge is -2.44. The predicted molar refractivity (Wildman–Crippen MR) is 122 cm³/mol. The number of rotatable bonds is 6. The number of hydrogen-bond donors (Lipinski definition) is 2. The molecule has 1 saturated carbocycles. The van der Waals surface area contributed by atoms with Crippen LogP contribution in [0.3, 0.4) is 0 Å². The Morgan fingerprint density at radius 2 is 1.69 bits per heavy atom. The van der Waals surface area contributed by atoms with Crippen molar-refractivity contribution in [2.24, 2.45) is 0 Å². The molecule has 5 rings (SSSR count). The summed E-state index contributed by atoms with van der Waals surface area (Å²) in [6, 6.07) is 11.0. The SMILES string of the molecule is CC1(C(=O)NCc2ccc(F)cc2)Cn2cnc(C(=O)Nc3ccc(F)cc3)c2C(=O)N1C1CC1. The van der Waals surface area contributed by atoms with Crippen molar-refractivity contribution in [1.82, 2.24) is 19.8 Å². The van der Waals surface area contributed by atoms with Gasteiger partial charge >= 0.3 is 0 Å². The first kappa shape index (κ1) is 22.7. The van der Waals surface area contributed by atoms with Crippen LogP contribution in [-0.2, 0) is 17.9 Å². The van der Waals surface area contributed by atoms with Crippen LogP contribution in [0.1, 0.15) is 46.3 Å². The highest BCUT2D eigenvalue weighted by Gasteiger charge is 2.53. The highest BCUT2D eigenvalue weighted by atomic mass is 19.1. The van der Waals surface area contributed by atoms with Crippen LogP contribution in [0.25, 0.3) is 0 Å². The van der Waals surface area contributed by atoms with Gasteiger partial charge in [0.1, 0.15) is 22.9 Å². The van der Waals surface area contributed by atoms with Gasteiger partial charge in [0.05, 0.1) is 12.9 Å². The molecule has 35 heavy (non-hydrogen) atoms. The van der Waals surface area contributed by atoms with Crippen LogP contribution < -0.4 is 10.6 Å². The second kappa shape index (κ2) is 8.61. The van der Waals surface area contributed by atoms with E-state index in [1.165, 1.54) is 47.3 Å². The topological polar surface area (TPSA) is 96.3 Å². The molecule has 1 unspecified atom stereocenters.